The van der Waals surface area contributed by atoms with Crippen molar-refractivity contribution in [3.8, 4) is 0 Å². The van der Waals surface area contributed by atoms with Crippen LogP contribution in [0.5, 0.6) is 0 Å². The molecule has 7 heavy (non-hydrogen) atoms. The zero-order valence-electron chi connectivity index (χ0n) is 4.18. The minimum atomic E-state index is 0.271. The molecule has 0 bridgehead atoms. The van der Waals surface area contributed by atoms with Gasteiger partial charge in [-0.05, 0) is 0 Å². The maximum Gasteiger partial charge on any atom is 0.234 e. The number of hydrogen-bond acceptors (Lipinski definition) is 2. The predicted molar refractivity (Wildman–Crippen MR) is 29.8 cm³/mol. The monoisotopic (exact) mass is 117 g/mol. The Morgan fingerprint density at radius 2 is 2.57 bits per heavy atom. The van der Waals surface area contributed by atoms with E-state index in [-0.39, 0.29) is 5.91 Å². The van der Waals surface area contributed by atoms with Crippen LogP contribution in [0.2, 0.25) is 0 Å². The van der Waals surface area contributed by atoms with E-state index in [1.807, 2.05) is 6.26 Å². The molecule has 0 unspecified atom stereocenters. The Bertz CT molecular complexity index is 91.7. The van der Waals surface area contributed by atoms with E-state index in [1.54, 1.807) is 4.31 Å². The van der Waals surface area contributed by atoms with Crippen molar-refractivity contribution in [1.82, 2.24) is 4.31 Å². The van der Waals surface area contributed by atoms with Crippen LogP contribution in [0.4, 0.5) is 0 Å². The van der Waals surface area contributed by atoms with Crippen molar-refractivity contribution in [2.45, 2.75) is 6.42 Å². The predicted octanol–water partition coefficient (Wildman–Crippen LogP) is 0.497. The molecule has 0 atom stereocenters. The molecule has 0 aromatic rings. The molecule has 1 amide bonds. The summed E-state index contributed by atoms with van der Waals surface area (Å²) < 4.78 is 1.75. The average molecular weight is 117 g/mol. The highest BCUT2D eigenvalue weighted by atomic mass is 32.2. The summed E-state index contributed by atoms with van der Waals surface area (Å²) in [5.74, 6) is 0.271. The lowest BCUT2D eigenvalue weighted by Crippen LogP contribution is -2.37. The lowest BCUT2D eigenvalue weighted by atomic mass is 10.3. The fraction of sp³-hybridized carbons (Fsp3) is 0.750. The molecule has 0 aromatic carbocycles. The first-order valence-electron chi connectivity index (χ1n) is 2.19. The third-order valence-electron chi connectivity index (χ3n) is 1.03. The molecule has 1 rings (SSSR count). The Balaban J connectivity index is 2.29. The summed E-state index contributed by atoms with van der Waals surface area (Å²) in [4.78, 5) is 10.4. The lowest BCUT2D eigenvalue weighted by molar-refractivity contribution is -0.132. The maximum absolute atomic E-state index is 10.4. The SMILES string of the molecule is CSN1CCC1=O. The molecule has 1 fully saturated rings. The van der Waals surface area contributed by atoms with Crippen LogP contribution in [0.3, 0.4) is 0 Å². The first-order chi connectivity index (χ1) is 3.34. The van der Waals surface area contributed by atoms with Crippen LogP contribution in [0.15, 0.2) is 0 Å². The van der Waals surface area contributed by atoms with Gasteiger partial charge in [-0.3, -0.25) is 9.10 Å². The second kappa shape index (κ2) is 1.74. The highest BCUT2D eigenvalue weighted by Crippen LogP contribution is 2.16. The highest BCUT2D eigenvalue weighted by molar-refractivity contribution is 7.96. The molecule has 0 aliphatic carbocycles. The molecule has 1 saturated heterocycles. The van der Waals surface area contributed by atoms with Gasteiger partial charge in [0.25, 0.3) is 0 Å². The van der Waals surface area contributed by atoms with Crippen molar-refractivity contribution in [3.63, 3.8) is 0 Å². The van der Waals surface area contributed by atoms with Gasteiger partial charge in [-0.2, -0.15) is 0 Å². The molecule has 0 aromatic heterocycles. The standard InChI is InChI=1S/C4H7NOS/c1-7-5-3-2-4(5)6/h2-3H2,1H3. The van der Waals surface area contributed by atoms with Crippen LogP contribution < -0.4 is 0 Å². The molecule has 1 aliphatic rings. The molecule has 40 valence electrons. The minimum Gasteiger partial charge on any atom is -0.286 e. The third kappa shape index (κ3) is 0.725. The molecular weight excluding hydrogens is 110 g/mol. The van der Waals surface area contributed by atoms with Crippen molar-refractivity contribution in [2.24, 2.45) is 0 Å². The van der Waals surface area contributed by atoms with Crippen molar-refractivity contribution in [1.29, 1.82) is 0 Å². The summed E-state index contributed by atoms with van der Waals surface area (Å²) in [6.07, 6.45) is 2.66. The summed E-state index contributed by atoms with van der Waals surface area (Å²) in [5.41, 5.74) is 0. The molecule has 1 aliphatic heterocycles. The fourth-order valence-corrected chi connectivity index (χ4v) is 1.06. The van der Waals surface area contributed by atoms with Gasteiger partial charge in [0.05, 0.1) is 0 Å². The van der Waals surface area contributed by atoms with Crippen molar-refractivity contribution < 1.29 is 4.79 Å². The largest absolute Gasteiger partial charge is 0.286 e. The summed E-state index contributed by atoms with van der Waals surface area (Å²) >= 11 is 1.50. The van der Waals surface area contributed by atoms with Gasteiger partial charge in [-0.15, -0.1) is 0 Å². The number of hydrogen-bond donors (Lipinski definition) is 0. The Morgan fingerprint density at radius 1 is 1.86 bits per heavy atom. The topological polar surface area (TPSA) is 20.3 Å². The van der Waals surface area contributed by atoms with E-state index in [1.165, 1.54) is 11.9 Å². The smallest absolute Gasteiger partial charge is 0.234 e. The Labute approximate surface area is 47.0 Å². The number of rotatable bonds is 1. The molecular formula is C4H7NOS. The van der Waals surface area contributed by atoms with Crippen LogP contribution >= 0.6 is 11.9 Å². The molecule has 2 nitrogen and oxygen atoms in total. The molecule has 0 spiro atoms. The minimum absolute atomic E-state index is 0.271. The van der Waals surface area contributed by atoms with Gasteiger partial charge in [-0.1, -0.05) is 11.9 Å². The molecule has 0 radical (unpaired) electrons. The van der Waals surface area contributed by atoms with Crippen molar-refractivity contribution >= 4 is 17.9 Å². The number of nitrogens with zero attached hydrogens (tertiary/aromatic N) is 1. The first-order valence-corrected chi connectivity index (χ1v) is 3.37. The number of β-lactam (4-membered cyclic amide) rings is 1. The second-order valence-corrected chi connectivity index (χ2v) is 2.23. The summed E-state index contributed by atoms with van der Waals surface area (Å²) in [6, 6.07) is 0. The van der Waals surface area contributed by atoms with Crippen LogP contribution in [0.25, 0.3) is 0 Å². The third-order valence-corrected chi connectivity index (χ3v) is 1.85. The molecule has 3 heteroatoms. The van der Waals surface area contributed by atoms with Crippen LogP contribution in [-0.2, 0) is 4.79 Å². The van der Waals surface area contributed by atoms with Crippen molar-refractivity contribution in [3.05, 3.63) is 0 Å². The Kier molecular flexibility index (Phi) is 1.23. The van der Waals surface area contributed by atoms with Crippen molar-refractivity contribution in [2.75, 3.05) is 12.8 Å². The second-order valence-electron chi connectivity index (χ2n) is 1.43. The summed E-state index contributed by atoms with van der Waals surface area (Å²) in [5, 5.41) is 0. The van der Waals surface area contributed by atoms with E-state index in [0.29, 0.717) is 0 Å². The average Bonchev–Trinajstić information content (AvgIpc) is 1.65. The fourth-order valence-electron chi connectivity index (χ4n) is 0.487. The van der Waals surface area contributed by atoms with Crippen LogP contribution in [0.1, 0.15) is 6.42 Å². The Hall–Kier alpha value is -0.180. The number of carbonyl (C=O) groups excluding carboxylic acids is 1. The van der Waals surface area contributed by atoms with Gasteiger partial charge in [0.15, 0.2) is 0 Å². The summed E-state index contributed by atoms with van der Waals surface area (Å²) in [6.45, 7) is 0.944. The van der Waals surface area contributed by atoms with Gasteiger partial charge in [0.1, 0.15) is 0 Å². The normalized spacial score (nSPS) is 19.6. The zero-order chi connectivity index (χ0) is 5.28. The van der Waals surface area contributed by atoms with E-state index in [2.05, 4.69) is 0 Å². The first kappa shape index (κ1) is 4.97. The van der Waals surface area contributed by atoms with Gasteiger partial charge >= 0.3 is 0 Å². The number of amides is 1. The number of carbonyl (C=O) groups is 1. The van der Waals surface area contributed by atoms with Gasteiger partial charge < -0.3 is 0 Å². The van der Waals surface area contributed by atoms with Crippen LogP contribution in [0, 0.1) is 0 Å². The highest BCUT2D eigenvalue weighted by Gasteiger charge is 2.21. The Morgan fingerprint density at radius 3 is 2.57 bits per heavy atom. The maximum atomic E-state index is 10.4. The lowest BCUT2D eigenvalue weighted by Gasteiger charge is -2.26. The van der Waals surface area contributed by atoms with E-state index in [0.717, 1.165) is 13.0 Å². The zero-order valence-corrected chi connectivity index (χ0v) is 4.99. The van der Waals surface area contributed by atoms with E-state index >= 15 is 0 Å². The quantitative estimate of drug-likeness (QED) is 0.368. The van der Waals surface area contributed by atoms with E-state index in [4.69, 9.17) is 0 Å². The van der Waals surface area contributed by atoms with Gasteiger partial charge in [-0.25, -0.2) is 0 Å². The molecule has 0 saturated carbocycles. The summed E-state index contributed by atoms with van der Waals surface area (Å²) in [7, 11) is 0. The van der Waals surface area contributed by atoms with E-state index in [9.17, 15) is 4.79 Å². The van der Waals surface area contributed by atoms with Gasteiger partial charge in [0.2, 0.25) is 5.91 Å². The van der Waals surface area contributed by atoms with Gasteiger partial charge in [0, 0.05) is 19.2 Å². The van der Waals surface area contributed by atoms with E-state index < -0.39 is 0 Å². The van der Waals surface area contributed by atoms with Crippen LogP contribution in [-0.4, -0.2) is 23.0 Å². The molecule has 1 heterocycles. The molecule has 0 N–H and O–H groups in total.